The zero-order valence-corrected chi connectivity index (χ0v) is 15.5. The number of rotatable bonds is 8. The molecule has 25 heavy (non-hydrogen) atoms. The Morgan fingerprint density at radius 1 is 1.12 bits per heavy atom. The maximum absolute atomic E-state index is 11.7. The van der Waals surface area contributed by atoms with E-state index in [-0.39, 0.29) is 0 Å². The van der Waals surface area contributed by atoms with Gasteiger partial charge in [0.15, 0.2) is 0 Å². The molecule has 1 rings (SSSR count). The molecular formula is C20H26O5. The summed E-state index contributed by atoms with van der Waals surface area (Å²) in [5.41, 5.74) is -0.152. The monoisotopic (exact) mass is 346 g/mol. The highest BCUT2D eigenvalue weighted by molar-refractivity contribution is 5.87. The van der Waals surface area contributed by atoms with Crippen LogP contribution in [0.1, 0.15) is 46.6 Å². The van der Waals surface area contributed by atoms with Gasteiger partial charge in [0, 0.05) is 18.1 Å². The van der Waals surface area contributed by atoms with Crippen LogP contribution in [0, 0.1) is 0 Å². The molecule has 1 N–H and O–H groups in total. The molecule has 5 heteroatoms. The second-order valence-corrected chi connectivity index (χ2v) is 7.21. The average molecular weight is 346 g/mol. The van der Waals surface area contributed by atoms with Crippen LogP contribution in [-0.4, -0.2) is 28.2 Å². The van der Waals surface area contributed by atoms with Crippen molar-refractivity contribution >= 4 is 18.0 Å². The largest absolute Gasteiger partial charge is 0.488 e. The standard InChI is InChI=1S/C20H26O5/c1-14(2)18(23)25-20(5,6)13-19(3,4)24-16-10-7-15(8-11-16)9-12-17(21)22/h7-12H,1,13H2,2-6H3,(H,21,22)/b12-9+. The Hall–Kier alpha value is -2.56. The molecule has 0 radical (unpaired) electrons. The Kier molecular flexibility index (Phi) is 6.56. The molecule has 0 saturated carbocycles. The van der Waals surface area contributed by atoms with Crippen LogP contribution >= 0.6 is 0 Å². The number of carbonyl (C=O) groups excluding carboxylic acids is 1. The zero-order valence-electron chi connectivity index (χ0n) is 15.5. The van der Waals surface area contributed by atoms with Crippen molar-refractivity contribution in [2.75, 3.05) is 0 Å². The molecule has 0 spiro atoms. The van der Waals surface area contributed by atoms with Gasteiger partial charge in [0.1, 0.15) is 17.0 Å². The molecule has 0 amide bonds. The normalized spacial score (nSPS) is 12.0. The van der Waals surface area contributed by atoms with Crippen molar-refractivity contribution in [3.63, 3.8) is 0 Å². The van der Waals surface area contributed by atoms with E-state index >= 15 is 0 Å². The van der Waals surface area contributed by atoms with Gasteiger partial charge in [0.05, 0.1) is 0 Å². The molecule has 0 aromatic heterocycles. The molecule has 0 saturated heterocycles. The molecule has 0 unspecified atom stereocenters. The van der Waals surface area contributed by atoms with E-state index in [0.717, 1.165) is 11.6 Å². The summed E-state index contributed by atoms with van der Waals surface area (Å²) in [6, 6.07) is 7.10. The molecule has 1 aromatic rings. The molecule has 0 heterocycles. The van der Waals surface area contributed by atoms with Crippen LogP contribution in [0.25, 0.3) is 6.08 Å². The van der Waals surface area contributed by atoms with Crippen LogP contribution in [0.4, 0.5) is 0 Å². The fraction of sp³-hybridized carbons (Fsp3) is 0.400. The maximum Gasteiger partial charge on any atom is 0.333 e. The predicted octanol–water partition coefficient (Wildman–Crippen LogP) is 4.23. The quantitative estimate of drug-likeness (QED) is 0.563. The van der Waals surface area contributed by atoms with Gasteiger partial charge in [-0.05, 0) is 58.4 Å². The molecule has 0 bridgehead atoms. The van der Waals surface area contributed by atoms with Gasteiger partial charge in [0.2, 0.25) is 0 Å². The first-order valence-corrected chi connectivity index (χ1v) is 7.99. The fourth-order valence-electron chi connectivity index (χ4n) is 2.57. The maximum atomic E-state index is 11.7. The molecule has 136 valence electrons. The van der Waals surface area contributed by atoms with Gasteiger partial charge in [0.25, 0.3) is 0 Å². The first-order valence-electron chi connectivity index (χ1n) is 7.99. The molecule has 0 aliphatic rings. The minimum atomic E-state index is -0.993. The second-order valence-electron chi connectivity index (χ2n) is 7.21. The third kappa shape index (κ3) is 7.70. The summed E-state index contributed by atoms with van der Waals surface area (Å²) in [7, 11) is 0. The molecular weight excluding hydrogens is 320 g/mol. The Balaban J connectivity index is 2.75. The van der Waals surface area contributed by atoms with E-state index in [1.165, 1.54) is 6.08 Å². The summed E-state index contributed by atoms with van der Waals surface area (Å²) in [6.07, 6.45) is 3.08. The third-order valence-corrected chi connectivity index (χ3v) is 3.26. The van der Waals surface area contributed by atoms with E-state index in [4.69, 9.17) is 14.6 Å². The number of carboxylic acid groups (broad SMARTS) is 1. The van der Waals surface area contributed by atoms with Crippen molar-refractivity contribution in [1.82, 2.24) is 0 Å². The zero-order chi connectivity index (χ0) is 19.3. The fourth-order valence-corrected chi connectivity index (χ4v) is 2.57. The Bertz CT molecular complexity index is 666. The van der Waals surface area contributed by atoms with Crippen molar-refractivity contribution < 1.29 is 24.2 Å². The Morgan fingerprint density at radius 3 is 2.16 bits per heavy atom. The number of aliphatic carboxylic acids is 1. The van der Waals surface area contributed by atoms with Crippen molar-refractivity contribution in [3.05, 3.63) is 48.1 Å². The lowest BCUT2D eigenvalue weighted by molar-refractivity contribution is -0.155. The minimum absolute atomic E-state index is 0.358. The third-order valence-electron chi connectivity index (χ3n) is 3.26. The van der Waals surface area contributed by atoms with Crippen LogP contribution in [-0.2, 0) is 14.3 Å². The average Bonchev–Trinajstić information content (AvgIpc) is 2.44. The van der Waals surface area contributed by atoms with Crippen LogP contribution < -0.4 is 4.74 Å². The van der Waals surface area contributed by atoms with Gasteiger partial charge < -0.3 is 14.6 Å². The number of hydrogen-bond acceptors (Lipinski definition) is 4. The van der Waals surface area contributed by atoms with E-state index in [0.29, 0.717) is 17.7 Å². The predicted molar refractivity (Wildman–Crippen MR) is 97.4 cm³/mol. The number of carboxylic acids is 1. The highest BCUT2D eigenvalue weighted by Crippen LogP contribution is 2.29. The number of esters is 1. The van der Waals surface area contributed by atoms with Crippen molar-refractivity contribution in [2.45, 2.75) is 52.2 Å². The summed E-state index contributed by atoms with van der Waals surface area (Å²) in [4.78, 5) is 22.3. The van der Waals surface area contributed by atoms with Crippen molar-refractivity contribution in [3.8, 4) is 5.75 Å². The molecule has 1 aromatic carbocycles. The molecule has 0 aliphatic carbocycles. The lowest BCUT2D eigenvalue weighted by Crippen LogP contribution is -2.40. The molecule has 5 nitrogen and oxygen atoms in total. The van der Waals surface area contributed by atoms with Gasteiger partial charge in [-0.15, -0.1) is 0 Å². The number of hydrogen-bond donors (Lipinski definition) is 1. The minimum Gasteiger partial charge on any atom is -0.488 e. The van der Waals surface area contributed by atoms with Gasteiger partial charge in [-0.3, -0.25) is 0 Å². The summed E-state index contributed by atoms with van der Waals surface area (Å²) >= 11 is 0. The van der Waals surface area contributed by atoms with Gasteiger partial charge in [-0.25, -0.2) is 9.59 Å². The molecule has 0 fully saturated rings. The van der Waals surface area contributed by atoms with Crippen molar-refractivity contribution in [1.29, 1.82) is 0 Å². The van der Waals surface area contributed by atoms with E-state index < -0.39 is 23.1 Å². The van der Waals surface area contributed by atoms with Crippen LogP contribution in [0.5, 0.6) is 5.75 Å². The number of ether oxygens (including phenoxy) is 2. The Morgan fingerprint density at radius 2 is 1.68 bits per heavy atom. The summed E-state index contributed by atoms with van der Waals surface area (Å²) < 4.78 is 11.5. The SMILES string of the molecule is C=C(C)C(=O)OC(C)(C)CC(C)(C)Oc1ccc(/C=C/C(=O)O)cc1. The highest BCUT2D eigenvalue weighted by Gasteiger charge is 2.33. The lowest BCUT2D eigenvalue weighted by Gasteiger charge is -2.35. The summed E-state index contributed by atoms with van der Waals surface area (Å²) in [5.74, 6) is -0.761. The van der Waals surface area contributed by atoms with E-state index in [2.05, 4.69) is 6.58 Å². The van der Waals surface area contributed by atoms with Gasteiger partial charge in [-0.2, -0.15) is 0 Å². The van der Waals surface area contributed by atoms with Crippen molar-refractivity contribution in [2.24, 2.45) is 0 Å². The topological polar surface area (TPSA) is 72.8 Å². The van der Waals surface area contributed by atoms with E-state index in [9.17, 15) is 9.59 Å². The van der Waals surface area contributed by atoms with Gasteiger partial charge >= 0.3 is 11.9 Å². The van der Waals surface area contributed by atoms with Crippen LogP contribution in [0.2, 0.25) is 0 Å². The van der Waals surface area contributed by atoms with Crippen LogP contribution in [0.15, 0.2) is 42.5 Å². The van der Waals surface area contributed by atoms with E-state index in [1.54, 1.807) is 31.2 Å². The number of carbonyl (C=O) groups is 2. The van der Waals surface area contributed by atoms with Crippen LogP contribution in [0.3, 0.4) is 0 Å². The summed E-state index contributed by atoms with van der Waals surface area (Å²) in [6.45, 7) is 12.7. The Labute approximate surface area is 149 Å². The number of benzene rings is 1. The summed E-state index contributed by atoms with van der Waals surface area (Å²) in [5, 5.41) is 8.63. The second kappa shape index (κ2) is 8.01. The smallest absolute Gasteiger partial charge is 0.333 e. The molecule has 0 aliphatic heterocycles. The van der Waals surface area contributed by atoms with Gasteiger partial charge in [-0.1, -0.05) is 18.7 Å². The molecule has 0 atom stereocenters. The first-order chi connectivity index (χ1) is 11.4. The van der Waals surface area contributed by atoms with E-state index in [1.807, 2.05) is 27.7 Å². The first kappa shape index (κ1) is 20.5. The lowest BCUT2D eigenvalue weighted by atomic mass is 9.92. The highest BCUT2D eigenvalue weighted by atomic mass is 16.6.